The van der Waals surface area contributed by atoms with Gasteiger partial charge in [-0.2, -0.15) is 0 Å². The molecule has 0 unspecified atom stereocenters. The van der Waals surface area contributed by atoms with Gasteiger partial charge in [0.1, 0.15) is 12.4 Å². The third-order valence-corrected chi connectivity index (χ3v) is 5.34. The van der Waals surface area contributed by atoms with Crippen molar-refractivity contribution >= 4 is 5.91 Å². The zero-order valence-electron chi connectivity index (χ0n) is 18.7. The number of nitrogens with two attached hydrogens (primary N) is 2. The first-order valence-corrected chi connectivity index (χ1v) is 10.6. The van der Waals surface area contributed by atoms with Gasteiger partial charge in [0, 0.05) is 29.1 Å². The summed E-state index contributed by atoms with van der Waals surface area (Å²) in [6.07, 6.45) is 0.869. The van der Waals surface area contributed by atoms with Crippen LogP contribution in [0.25, 0.3) is 11.1 Å². The molecule has 0 aliphatic rings. The topological polar surface area (TPSA) is 91.2 Å². The summed E-state index contributed by atoms with van der Waals surface area (Å²) >= 11 is 0. The number of hydrogen-bond acceptors (Lipinski definition) is 4. The number of primary amides is 1. The number of pyridine rings is 1. The fourth-order valence-electron chi connectivity index (χ4n) is 3.76. The van der Waals surface area contributed by atoms with Crippen LogP contribution in [0, 0.1) is 19.8 Å². The minimum absolute atomic E-state index is 0.319. The summed E-state index contributed by atoms with van der Waals surface area (Å²) in [6, 6.07) is 15.4. The SMILES string of the molecule is Cc1ccc(-c2c(COc3cccc(C(N)=O)c3)c(C)nc(CC(C)C)c2CN)cc1. The second kappa shape index (κ2) is 9.75. The number of rotatable bonds is 8. The van der Waals surface area contributed by atoms with E-state index < -0.39 is 5.91 Å². The molecule has 1 amide bonds. The monoisotopic (exact) mass is 417 g/mol. The quantitative estimate of drug-likeness (QED) is 0.556. The van der Waals surface area contributed by atoms with Gasteiger partial charge in [0.2, 0.25) is 5.91 Å². The van der Waals surface area contributed by atoms with Gasteiger partial charge in [0.25, 0.3) is 0 Å². The first-order valence-electron chi connectivity index (χ1n) is 10.6. The van der Waals surface area contributed by atoms with Crippen molar-refractivity contribution in [1.29, 1.82) is 0 Å². The number of carbonyl (C=O) groups is 1. The lowest BCUT2D eigenvalue weighted by Gasteiger charge is -2.21. The van der Waals surface area contributed by atoms with Crippen LogP contribution >= 0.6 is 0 Å². The van der Waals surface area contributed by atoms with Gasteiger partial charge in [0.15, 0.2) is 0 Å². The zero-order chi connectivity index (χ0) is 22.5. The van der Waals surface area contributed by atoms with E-state index in [0.29, 0.717) is 30.4 Å². The van der Waals surface area contributed by atoms with Gasteiger partial charge in [-0.15, -0.1) is 0 Å². The molecule has 5 heteroatoms. The highest BCUT2D eigenvalue weighted by molar-refractivity contribution is 5.93. The Labute approximate surface area is 184 Å². The van der Waals surface area contributed by atoms with Crippen LogP contribution in [0.3, 0.4) is 0 Å². The molecule has 0 saturated heterocycles. The number of ether oxygens (including phenoxy) is 1. The van der Waals surface area contributed by atoms with E-state index in [4.69, 9.17) is 21.2 Å². The molecule has 1 aromatic heterocycles. The minimum Gasteiger partial charge on any atom is -0.489 e. The number of aryl methyl sites for hydroxylation is 2. The molecule has 3 aromatic rings. The molecule has 3 rings (SSSR count). The zero-order valence-corrected chi connectivity index (χ0v) is 18.7. The number of carbonyl (C=O) groups excluding carboxylic acids is 1. The van der Waals surface area contributed by atoms with Crippen molar-refractivity contribution in [2.45, 2.75) is 47.3 Å². The third kappa shape index (κ3) is 5.30. The molecule has 1 heterocycles. The Morgan fingerprint density at radius 2 is 1.77 bits per heavy atom. The largest absolute Gasteiger partial charge is 0.489 e. The van der Waals surface area contributed by atoms with Crippen LogP contribution < -0.4 is 16.2 Å². The summed E-state index contributed by atoms with van der Waals surface area (Å²) in [7, 11) is 0. The van der Waals surface area contributed by atoms with E-state index in [1.807, 2.05) is 13.0 Å². The molecule has 0 aliphatic carbocycles. The predicted octanol–water partition coefficient (Wildman–Crippen LogP) is 4.70. The summed E-state index contributed by atoms with van der Waals surface area (Å²) in [4.78, 5) is 16.4. The first kappa shape index (κ1) is 22.5. The van der Waals surface area contributed by atoms with Crippen LogP contribution in [-0.2, 0) is 19.6 Å². The van der Waals surface area contributed by atoms with Gasteiger partial charge < -0.3 is 16.2 Å². The van der Waals surface area contributed by atoms with Gasteiger partial charge in [-0.1, -0.05) is 49.7 Å². The molecule has 2 aromatic carbocycles. The van der Waals surface area contributed by atoms with Crippen molar-refractivity contribution < 1.29 is 9.53 Å². The lowest BCUT2D eigenvalue weighted by Crippen LogP contribution is -2.14. The number of nitrogens with zero attached hydrogens (tertiary/aromatic N) is 1. The standard InChI is InChI=1S/C26H31N3O2/c1-16(2)12-24-22(14-27)25(19-10-8-17(3)9-11-19)23(18(4)29-24)15-31-21-7-5-6-20(13-21)26(28)30/h5-11,13,16H,12,14-15,27H2,1-4H3,(H2,28,30). The van der Waals surface area contributed by atoms with Crippen molar-refractivity contribution in [1.82, 2.24) is 4.98 Å². The van der Waals surface area contributed by atoms with E-state index in [1.165, 1.54) is 5.56 Å². The molecular formula is C26H31N3O2. The molecule has 31 heavy (non-hydrogen) atoms. The Balaban J connectivity index is 2.08. The van der Waals surface area contributed by atoms with Crippen LogP contribution in [0.5, 0.6) is 5.75 Å². The molecule has 0 radical (unpaired) electrons. The Morgan fingerprint density at radius 3 is 2.39 bits per heavy atom. The number of hydrogen-bond donors (Lipinski definition) is 2. The van der Waals surface area contributed by atoms with Crippen LogP contribution in [0.4, 0.5) is 0 Å². The minimum atomic E-state index is -0.480. The second-order valence-corrected chi connectivity index (χ2v) is 8.32. The number of benzene rings is 2. The molecule has 0 bridgehead atoms. The Hall–Kier alpha value is -3.18. The Bertz CT molecular complexity index is 1070. The molecular weight excluding hydrogens is 386 g/mol. The number of aromatic nitrogens is 1. The molecule has 0 aliphatic heterocycles. The highest BCUT2D eigenvalue weighted by atomic mass is 16.5. The van der Waals surface area contributed by atoms with E-state index in [1.54, 1.807) is 18.2 Å². The van der Waals surface area contributed by atoms with E-state index in [0.717, 1.165) is 40.1 Å². The smallest absolute Gasteiger partial charge is 0.248 e. The Morgan fingerprint density at radius 1 is 1.06 bits per heavy atom. The van der Waals surface area contributed by atoms with Crippen molar-refractivity contribution in [2.24, 2.45) is 17.4 Å². The average Bonchev–Trinajstić information content (AvgIpc) is 2.73. The maximum absolute atomic E-state index is 11.5. The fourth-order valence-corrected chi connectivity index (χ4v) is 3.76. The van der Waals surface area contributed by atoms with Gasteiger partial charge >= 0.3 is 0 Å². The lowest BCUT2D eigenvalue weighted by atomic mass is 9.90. The van der Waals surface area contributed by atoms with Crippen molar-refractivity contribution in [3.8, 4) is 16.9 Å². The second-order valence-electron chi connectivity index (χ2n) is 8.32. The molecule has 0 fully saturated rings. The summed E-state index contributed by atoms with van der Waals surface area (Å²) in [5, 5.41) is 0. The Kier molecular flexibility index (Phi) is 7.08. The fraction of sp³-hybridized carbons (Fsp3) is 0.308. The maximum atomic E-state index is 11.5. The van der Waals surface area contributed by atoms with Crippen molar-refractivity contribution in [2.75, 3.05) is 0 Å². The lowest BCUT2D eigenvalue weighted by molar-refractivity contribution is 0.1000. The van der Waals surface area contributed by atoms with Gasteiger partial charge in [-0.25, -0.2) is 0 Å². The number of amides is 1. The van der Waals surface area contributed by atoms with Crippen LogP contribution in [0.1, 0.15) is 52.3 Å². The van der Waals surface area contributed by atoms with Gasteiger partial charge in [-0.05, 0) is 61.1 Å². The first-order chi connectivity index (χ1) is 14.8. The van der Waals surface area contributed by atoms with Gasteiger partial charge in [-0.3, -0.25) is 9.78 Å². The molecule has 0 atom stereocenters. The van der Waals surface area contributed by atoms with Crippen molar-refractivity contribution in [3.63, 3.8) is 0 Å². The van der Waals surface area contributed by atoms with E-state index in [2.05, 4.69) is 45.0 Å². The summed E-state index contributed by atoms with van der Waals surface area (Å²) in [5.41, 5.74) is 19.5. The summed E-state index contributed by atoms with van der Waals surface area (Å²) in [6.45, 7) is 9.19. The van der Waals surface area contributed by atoms with Crippen LogP contribution in [-0.4, -0.2) is 10.9 Å². The van der Waals surface area contributed by atoms with E-state index in [9.17, 15) is 4.79 Å². The molecule has 5 nitrogen and oxygen atoms in total. The molecule has 0 saturated carbocycles. The highest BCUT2D eigenvalue weighted by Crippen LogP contribution is 2.33. The molecule has 0 spiro atoms. The summed E-state index contributed by atoms with van der Waals surface area (Å²) in [5.74, 6) is 0.583. The third-order valence-electron chi connectivity index (χ3n) is 5.34. The van der Waals surface area contributed by atoms with E-state index in [-0.39, 0.29) is 0 Å². The normalized spacial score (nSPS) is 11.0. The summed E-state index contributed by atoms with van der Waals surface area (Å²) < 4.78 is 6.08. The highest BCUT2D eigenvalue weighted by Gasteiger charge is 2.20. The molecule has 4 N–H and O–H groups in total. The van der Waals surface area contributed by atoms with Crippen LogP contribution in [0.2, 0.25) is 0 Å². The maximum Gasteiger partial charge on any atom is 0.248 e. The predicted molar refractivity (Wildman–Crippen MR) is 125 cm³/mol. The van der Waals surface area contributed by atoms with E-state index >= 15 is 0 Å². The van der Waals surface area contributed by atoms with Crippen molar-refractivity contribution in [3.05, 3.63) is 82.2 Å². The van der Waals surface area contributed by atoms with Gasteiger partial charge in [0.05, 0.1) is 0 Å². The van der Waals surface area contributed by atoms with Crippen LogP contribution in [0.15, 0.2) is 48.5 Å². The molecule has 162 valence electrons. The average molecular weight is 418 g/mol.